The Labute approximate surface area is 99.6 Å². The quantitative estimate of drug-likeness (QED) is 0.855. The summed E-state index contributed by atoms with van der Waals surface area (Å²) in [5, 5.41) is 0. The number of hydrogen-bond acceptors (Lipinski definition) is 2. The molecule has 1 saturated heterocycles. The van der Waals surface area contributed by atoms with Gasteiger partial charge < -0.3 is 9.88 Å². The third kappa shape index (κ3) is 1.69. The Morgan fingerprint density at radius 3 is 2.94 bits per heavy atom. The number of likely N-dealkylation sites (tertiary alicyclic amines) is 1. The van der Waals surface area contributed by atoms with Crippen molar-refractivity contribution in [2.24, 2.45) is 0 Å². The molecule has 1 fully saturated rings. The van der Waals surface area contributed by atoms with Crippen molar-refractivity contribution in [2.75, 3.05) is 13.1 Å². The molecule has 0 spiro atoms. The fraction of sp³-hybridized carbons (Fsp3) is 0.385. The van der Waals surface area contributed by atoms with Gasteiger partial charge in [-0.15, -0.1) is 0 Å². The third-order valence-corrected chi connectivity index (χ3v) is 3.33. The van der Waals surface area contributed by atoms with E-state index in [1.807, 2.05) is 36.1 Å². The first-order valence-corrected chi connectivity index (χ1v) is 6.00. The number of para-hydroxylation sites is 2. The van der Waals surface area contributed by atoms with Gasteiger partial charge in [-0.05, 0) is 12.1 Å². The van der Waals surface area contributed by atoms with Crippen LogP contribution in [0.15, 0.2) is 24.3 Å². The Balaban J connectivity index is 1.76. The first-order chi connectivity index (χ1) is 8.28. The maximum absolute atomic E-state index is 11.4. The normalized spacial score (nSPS) is 16.2. The molecule has 0 saturated carbocycles. The number of carbonyl (C=O) groups excluding carboxylic acids is 1. The van der Waals surface area contributed by atoms with E-state index >= 15 is 0 Å². The number of hydrogen-bond donors (Lipinski definition) is 1. The zero-order valence-corrected chi connectivity index (χ0v) is 9.81. The molecule has 4 nitrogen and oxygen atoms in total. The van der Waals surface area contributed by atoms with Crippen molar-refractivity contribution in [2.45, 2.75) is 19.3 Å². The second kappa shape index (κ2) is 3.87. The molecule has 0 bridgehead atoms. The summed E-state index contributed by atoms with van der Waals surface area (Å²) in [6.45, 7) is 3.50. The Morgan fingerprint density at radius 2 is 2.24 bits per heavy atom. The van der Waals surface area contributed by atoms with Crippen molar-refractivity contribution in [1.82, 2.24) is 14.9 Å². The molecule has 1 aliphatic heterocycles. The molecule has 1 aromatic carbocycles. The molecule has 88 valence electrons. The number of H-pyrrole nitrogens is 1. The van der Waals surface area contributed by atoms with E-state index in [2.05, 4.69) is 9.97 Å². The van der Waals surface area contributed by atoms with Crippen LogP contribution in [-0.4, -0.2) is 33.9 Å². The minimum absolute atomic E-state index is 0.234. The summed E-state index contributed by atoms with van der Waals surface area (Å²) in [7, 11) is 0. The van der Waals surface area contributed by atoms with Crippen LogP contribution in [0.1, 0.15) is 25.1 Å². The van der Waals surface area contributed by atoms with Crippen LogP contribution in [0.2, 0.25) is 0 Å². The van der Waals surface area contributed by atoms with Gasteiger partial charge in [0, 0.05) is 19.5 Å². The lowest BCUT2D eigenvalue weighted by atomic mass is 9.99. The van der Waals surface area contributed by atoms with E-state index in [1.54, 1.807) is 0 Å². The number of nitrogens with zero attached hydrogens (tertiary/aromatic N) is 2. The Bertz CT molecular complexity index is 522. The predicted molar refractivity (Wildman–Crippen MR) is 65.7 cm³/mol. The predicted octanol–water partition coefficient (Wildman–Crippen LogP) is 1.90. The maximum Gasteiger partial charge on any atom is 0.222 e. The number of benzene rings is 1. The van der Waals surface area contributed by atoms with Crippen molar-refractivity contribution in [3.63, 3.8) is 0 Å². The average molecular weight is 229 g/mol. The van der Waals surface area contributed by atoms with Gasteiger partial charge in [-0.3, -0.25) is 4.79 Å². The molecule has 0 atom stereocenters. The highest BCUT2D eigenvalue weighted by Gasteiger charge is 2.32. The second-order valence-corrected chi connectivity index (χ2v) is 4.49. The Kier molecular flexibility index (Phi) is 2.35. The zero-order valence-electron chi connectivity index (χ0n) is 9.81. The zero-order chi connectivity index (χ0) is 11.8. The standard InChI is InChI=1S/C13H15N3O/c1-2-12(17)16-7-9(8-16)13-14-10-5-3-4-6-11(10)15-13/h3-6,9H,2,7-8H2,1H3,(H,14,15). The summed E-state index contributed by atoms with van der Waals surface area (Å²) in [5.74, 6) is 1.61. The number of imidazole rings is 1. The van der Waals surface area contributed by atoms with Gasteiger partial charge in [0.05, 0.1) is 17.0 Å². The molecule has 2 heterocycles. The summed E-state index contributed by atoms with van der Waals surface area (Å²) in [6, 6.07) is 8.01. The average Bonchev–Trinajstić information content (AvgIpc) is 2.69. The van der Waals surface area contributed by atoms with E-state index in [0.29, 0.717) is 12.3 Å². The van der Waals surface area contributed by atoms with E-state index in [1.165, 1.54) is 0 Å². The first-order valence-electron chi connectivity index (χ1n) is 6.00. The number of fused-ring (bicyclic) bond motifs is 1. The lowest BCUT2D eigenvalue weighted by molar-refractivity contribution is -0.135. The van der Waals surface area contributed by atoms with E-state index in [9.17, 15) is 4.79 Å². The molecule has 1 amide bonds. The van der Waals surface area contributed by atoms with Crippen LogP contribution in [0.3, 0.4) is 0 Å². The fourth-order valence-electron chi connectivity index (χ4n) is 2.24. The van der Waals surface area contributed by atoms with Crippen molar-refractivity contribution >= 4 is 16.9 Å². The molecule has 17 heavy (non-hydrogen) atoms. The molecule has 1 N–H and O–H groups in total. The van der Waals surface area contributed by atoms with Gasteiger partial charge >= 0.3 is 0 Å². The molecule has 4 heteroatoms. The number of aromatic amines is 1. The fourth-order valence-corrected chi connectivity index (χ4v) is 2.24. The highest BCUT2D eigenvalue weighted by Crippen LogP contribution is 2.26. The molecule has 2 aromatic rings. The van der Waals surface area contributed by atoms with E-state index < -0.39 is 0 Å². The van der Waals surface area contributed by atoms with Crippen LogP contribution in [0, 0.1) is 0 Å². The third-order valence-electron chi connectivity index (χ3n) is 3.33. The number of amides is 1. The number of rotatable bonds is 2. The number of carbonyl (C=O) groups is 1. The largest absolute Gasteiger partial charge is 0.342 e. The molecular weight excluding hydrogens is 214 g/mol. The van der Waals surface area contributed by atoms with Crippen molar-refractivity contribution in [1.29, 1.82) is 0 Å². The van der Waals surface area contributed by atoms with Crippen molar-refractivity contribution in [3.05, 3.63) is 30.1 Å². The Hall–Kier alpha value is -1.84. The van der Waals surface area contributed by atoms with Gasteiger partial charge in [-0.2, -0.15) is 0 Å². The van der Waals surface area contributed by atoms with Crippen LogP contribution in [0.5, 0.6) is 0 Å². The number of aromatic nitrogens is 2. The molecule has 0 radical (unpaired) electrons. The summed E-state index contributed by atoms with van der Waals surface area (Å²) in [6.07, 6.45) is 0.590. The summed E-state index contributed by atoms with van der Waals surface area (Å²) < 4.78 is 0. The molecule has 1 aromatic heterocycles. The highest BCUT2D eigenvalue weighted by atomic mass is 16.2. The highest BCUT2D eigenvalue weighted by molar-refractivity contribution is 5.77. The van der Waals surface area contributed by atoms with E-state index in [0.717, 1.165) is 29.9 Å². The molecule has 0 aliphatic carbocycles. The van der Waals surface area contributed by atoms with E-state index in [-0.39, 0.29) is 5.91 Å². The van der Waals surface area contributed by atoms with Gasteiger partial charge in [0.1, 0.15) is 5.82 Å². The molecule has 0 unspecified atom stereocenters. The molecule has 3 rings (SSSR count). The van der Waals surface area contributed by atoms with Crippen LogP contribution in [-0.2, 0) is 4.79 Å². The van der Waals surface area contributed by atoms with Crippen molar-refractivity contribution in [3.8, 4) is 0 Å². The summed E-state index contributed by atoms with van der Waals surface area (Å²) in [5.41, 5.74) is 2.07. The van der Waals surface area contributed by atoms with Gasteiger partial charge in [-0.1, -0.05) is 19.1 Å². The molecular formula is C13H15N3O. The molecule has 1 aliphatic rings. The summed E-state index contributed by atoms with van der Waals surface area (Å²) >= 11 is 0. The van der Waals surface area contributed by atoms with Crippen LogP contribution >= 0.6 is 0 Å². The van der Waals surface area contributed by atoms with Crippen LogP contribution in [0.4, 0.5) is 0 Å². The first kappa shape index (κ1) is 10.3. The lowest BCUT2D eigenvalue weighted by Gasteiger charge is -2.38. The maximum atomic E-state index is 11.4. The van der Waals surface area contributed by atoms with Crippen LogP contribution < -0.4 is 0 Å². The minimum Gasteiger partial charge on any atom is -0.342 e. The van der Waals surface area contributed by atoms with Gasteiger partial charge in [0.15, 0.2) is 0 Å². The lowest BCUT2D eigenvalue weighted by Crippen LogP contribution is -2.48. The smallest absolute Gasteiger partial charge is 0.222 e. The van der Waals surface area contributed by atoms with Gasteiger partial charge in [0.25, 0.3) is 0 Å². The van der Waals surface area contributed by atoms with Crippen LogP contribution in [0.25, 0.3) is 11.0 Å². The topological polar surface area (TPSA) is 49.0 Å². The van der Waals surface area contributed by atoms with Crippen molar-refractivity contribution < 1.29 is 4.79 Å². The van der Waals surface area contributed by atoms with Gasteiger partial charge in [0.2, 0.25) is 5.91 Å². The Morgan fingerprint density at radius 1 is 1.47 bits per heavy atom. The van der Waals surface area contributed by atoms with Gasteiger partial charge in [-0.25, -0.2) is 4.98 Å². The second-order valence-electron chi connectivity index (χ2n) is 4.49. The monoisotopic (exact) mass is 229 g/mol. The number of nitrogens with one attached hydrogen (secondary N) is 1. The van der Waals surface area contributed by atoms with E-state index in [4.69, 9.17) is 0 Å². The summed E-state index contributed by atoms with van der Waals surface area (Å²) in [4.78, 5) is 21.2. The SMILES string of the molecule is CCC(=O)N1CC(c2nc3ccccc3[nH]2)C1. The minimum atomic E-state index is 0.234.